The van der Waals surface area contributed by atoms with Crippen molar-refractivity contribution in [3.8, 4) is 11.5 Å². The summed E-state index contributed by atoms with van der Waals surface area (Å²) in [5.74, 6) is 0.664. The number of amides is 1. The molecule has 1 unspecified atom stereocenters. The van der Waals surface area contributed by atoms with Crippen LogP contribution in [0.5, 0.6) is 11.5 Å². The van der Waals surface area contributed by atoms with Crippen LogP contribution in [0.4, 0.5) is 4.39 Å². The number of rotatable bonds is 4. The van der Waals surface area contributed by atoms with Gasteiger partial charge in [0.15, 0.2) is 0 Å². The summed E-state index contributed by atoms with van der Waals surface area (Å²) in [6, 6.07) is 11.5. The number of halogens is 1. The van der Waals surface area contributed by atoms with E-state index < -0.39 is 0 Å². The molecule has 0 aliphatic carbocycles. The predicted molar refractivity (Wildman–Crippen MR) is 106 cm³/mol. The Labute approximate surface area is 167 Å². The van der Waals surface area contributed by atoms with Gasteiger partial charge in [-0.3, -0.25) is 9.78 Å². The Kier molecular flexibility index (Phi) is 5.31. The lowest BCUT2D eigenvalue weighted by Crippen LogP contribution is -2.42. The SMILES string of the molecule is COc1cc(OC)cc(C(=O)N2CCOC(c3cc4cc(F)ccc4cn3)C2)c1. The zero-order chi connectivity index (χ0) is 20.4. The topological polar surface area (TPSA) is 60.9 Å². The van der Waals surface area contributed by atoms with Crippen molar-refractivity contribution in [1.82, 2.24) is 9.88 Å². The van der Waals surface area contributed by atoms with Crippen molar-refractivity contribution < 1.29 is 23.4 Å². The van der Waals surface area contributed by atoms with Crippen molar-refractivity contribution in [3.63, 3.8) is 0 Å². The summed E-state index contributed by atoms with van der Waals surface area (Å²) in [5, 5.41) is 1.60. The van der Waals surface area contributed by atoms with E-state index in [1.54, 1.807) is 49.6 Å². The Morgan fingerprint density at radius 3 is 2.59 bits per heavy atom. The van der Waals surface area contributed by atoms with Crippen LogP contribution in [0.1, 0.15) is 22.2 Å². The van der Waals surface area contributed by atoms with E-state index in [2.05, 4.69) is 4.98 Å². The highest BCUT2D eigenvalue weighted by Crippen LogP contribution is 2.27. The summed E-state index contributed by atoms with van der Waals surface area (Å²) in [4.78, 5) is 19.2. The van der Waals surface area contributed by atoms with Crippen LogP contribution in [0.3, 0.4) is 0 Å². The van der Waals surface area contributed by atoms with Crippen LogP contribution in [0.2, 0.25) is 0 Å². The minimum atomic E-state index is -0.382. The molecule has 1 aromatic heterocycles. The molecule has 0 N–H and O–H groups in total. The van der Waals surface area contributed by atoms with Crippen molar-refractivity contribution in [3.05, 3.63) is 65.7 Å². The molecule has 0 spiro atoms. The number of pyridine rings is 1. The van der Waals surface area contributed by atoms with Crippen LogP contribution in [0, 0.1) is 5.82 Å². The van der Waals surface area contributed by atoms with Crippen molar-refractivity contribution in [2.75, 3.05) is 33.9 Å². The summed E-state index contributed by atoms with van der Waals surface area (Å²) in [5.41, 5.74) is 1.15. The first-order valence-corrected chi connectivity index (χ1v) is 9.26. The van der Waals surface area contributed by atoms with E-state index in [1.807, 2.05) is 6.07 Å². The third kappa shape index (κ3) is 4.00. The molecule has 4 rings (SSSR count). The van der Waals surface area contributed by atoms with E-state index in [1.165, 1.54) is 12.1 Å². The number of hydrogen-bond donors (Lipinski definition) is 0. The van der Waals surface area contributed by atoms with Gasteiger partial charge < -0.3 is 19.1 Å². The predicted octanol–water partition coefficient (Wildman–Crippen LogP) is 3.60. The third-order valence-electron chi connectivity index (χ3n) is 4.99. The number of nitrogens with zero attached hydrogens (tertiary/aromatic N) is 2. The van der Waals surface area contributed by atoms with E-state index in [-0.39, 0.29) is 17.8 Å². The van der Waals surface area contributed by atoms with Crippen LogP contribution in [0.15, 0.2) is 48.7 Å². The second-order valence-electron chi connectivity index (χ2n) is 6.81. The maximum atomic E-state index is 13.6. The van der Waals surface area contributed by atoms with Gasteiger partial charge in [-0.1, -0.05) is 0 Å². The standard InChI is InChI=1S/C22H21FN2O4/c1-27-18-8-16(9-19(11-18)28-2)22(26)25-5-6-29-21(13-25)20-10-15-7-17(23)4-3-14(15)12-24-20/h3-4,7-12,21H,5-6,13H2,1-2H3. The molecule has 1 aliphatic rings. The van der Waals surface area contributed by atoms with Crippen LogP contribution in [-0.2, 0) is 4.74 Å². The monoisotopic (exact) mass is 396 g/mol. The molecule has 2 aromatic carbocycles. The fraction of sp³-hybridized carbons (Fsp3) is 0.273. The normalized spacial score (nSPS) is 16.7. The molecule has 1 fully saturated rings. The van der Waals surface area contributed by atoms with Gasteiger partial charge in [0.1, 0.15) is 23.4 Å². The highest BCUT2D eigenvalue weighted by molar-refractivity contribution is 5.95. The van der Waals surface area contributed by atoms with Crippen LogP contribution < -0.4 is 9.47 Å². The van der Waals surface area contributed by atoms with E-state index in [4.69, 9.17) is 14.2 Å². The molecule has 1 saturated heterocycles. The molecule has 0 bridgehead atoms. The van der Waals surface area contributed by atoms with Crippen LogP contribution >= 0.6 is 0 Å². The highest BCUT2D eigenvalue weighted by atomic mass is 19.1. The molecule has 2 heterocycles. The molecule has 1 amide bonds. The van der Waals surface area contributed by atoms with Gasteiger partial charge in [-0.15, -0.1) is 0 Å². The molecule has 29 heavy (non-hydrogen) atoms. The third-order valence-corrected chi connectivity index (χ3v) is 4.99. The van der Waals surface area contributed by atoms with Crippen molar-refractivity contribution in [1.29, 1.82) is 0 Å². The first-order valence-electron chi connectivity index (χ1n) is 9.26. The Bertz CT molecular complexity index is 1030. The number of morpholine rings is 1. The zero-order valence-corrected chi connectivity index (χ0v) is 16.2. The van der Waals surface area contributed by atoms with Gasteiger partial charge in [-0.2, -0.15) is 0 Å². The average molecular weight is 396 g/mol. The van der Waals surface area contributed by atoms with E-state index in [9.17, 15) is 9.18 Å². The second kappa shape index (κ2) is 8.05. The molecule has 6 nitrogen and oxygen atoms in total. The number of carbonyl (C=O) groups excluding carboxylic acids is 1. The Balaban J connectivity index is 1.57. The summed E-state index contributed by atoms with van der Waals surface area (Å²) >= 11 is 0. The lowest BCUT2D eigenvalue weighted by Gasteiger charge is -2.33. The zero-order valence-electron chi connectivity index (χ0n) is 16.2. The van der Waals surface area contributed by atoms with Crippen molar-refractivity contribution in [2.45, 2.75) is 6.10 Å². The van der Waals surface area contributed by atoms with Gasteiger partial charge >= 0.3 is 0 Å². The van der Waals surface area contributed by atoms with Gasteiger partial charge in [0.2, 0.25) is 0 Å². The maximum absolute atomic E-state index is 13.6. The van der Waals surface area contributed by atoms with E-state index in [0.29, 0.717) is 42.5 Å². The van der Waals surface area contributed by atoms with Crippen molar-refractivity contribution >= 4 is 16.7 Å². The number of fused-ring (bicyclic) bond motifs is 1. The van der Waals surface area contributed by atoms with Crippen LogP contribution in [0.25, 0.3) is 10.8 Å². The fourth-order valence-corrected chi connectivity index (χ4v) is 3.43. The first-order chi connectivity index (χ1) is 14.1. The molecule has 150 valence electrons. The molecule has 0 radical (unpaired) electrons. The molecular weight excluding hydrogens is 375 g/mol. The van der Waals surface area contributed by atoms with Gasteiger partial charge in [-0.05, 0) is 41.8 Å². The first kappa shape index (κ1) is 19.1. The lowest BCUT2D eigenvalue weighted by atomic mass is 10.1. The number of carbonyl (C=O) groups is 1. The molecule has 1 aliphatic heterocycles. The Morgan fingerprint density at radius 1 is 1.10 bits per heavy atom. The summed E-state index contributed by atoms with van der Waals surface area (Å²) in [6.07, 6.45) is 1.31. The molecular formula is C22H21FN2O4. The smallest absolute Gasteiger partial charge is 0.254 e. The molecule has 0 saturated carbocycles. The Morgan fingerprint density at radius 2 is 1.86 bits per heavy atom. The van der Waals surface area contributed by atoms with Gasteiger partial charge in [0.25, 0.3) is 5.91 Å². The van der Waals surface area contributed by atoms with Gasteiger partial charge in [-0.25, -0.2) is 4.39 Å². The summed E-state index contributed by atoms with van der Waals surface area (Å²) < 4.78 is 29.9. The summed E-state index contributed by atoms with van der Waals surface area (Å²) in [7, 11) is 3.09. The Hall–Kier alpha value is -3.19. The number of methoxy groups -OCH3 is 2. The highest BCUT2D eigenvalue weighted by Gasteiger charge is 2.27. The molecule has 1 atom stereocenters. The quantitative estimate of drug-likeness (QED) is 0.674. The minimum Gasteiger partial charge on any atom is -0.497 e. The number of ether oxygens (including phenoxy) is 3. The number of hydrogen-bond acceptors (Lipinski definition) is 5. The largest absolute Gasteiger partial charge is 0.497 e. The summed E-state index contributed by atoms with van der Waals surface area (Å²) in [6.45, 7) is 1.21. The number of benzene rings is 2. The van der Waals surface area contributed by atoms with Gasteiger partial charge in [0.05, 0.1) is 33.1 Å². The second-order valence-corrected chi connectivity index (χ2v) is 6.81. The van der Waals surface area contributed by atoms with E-state index in [0.717, 1.165) is 10.8 Å². The fourth-order valence-electron chi connectivity index (χ4n) is 3.43. The van der Waals surface area contributed by atoms with E-state index >= 15 is 0 Å². The number of aromatic nitrogens is 1. The molecule has 7 heteroatoms. The van der Waals surface area contributed by atoms with Gasteiger partial charge in [0, 0.05) is 29.8 Å². The van der Waals surface area contributed by atoms with Crippen molar-refractivity contribution in [2.24, 2.45) is 0 Å². The lowest BCUT2D eigenvalue weighted by molar-refractivity contribution is -0.0246. The van der Waals surface area contributed by atoms with Crippen LogP contribution in [-0.4, -0.2) is 49.7 Å². The molecule has 3 aromatic rings. The average Bonchev–Trinajstić information content (AvgIpc) is 2.77. The maximum Gasteiger partial charge on any atom is 0.254 e. The minimum absolute atomic E-state index is 0.137.